The van der Waals surface area contributed by atoms with E-state index >= 15 is 0 Å². The van der Waals surface area contributed by atoms with Gasteiger partial charge in [-0.1, -0.05) is 20.3 Å². The van der Waals surface area contributed by atoms with Gasteiger partial charge in [-0.25, -0.2) is 23.1 Å². The van der Waals surface area contributed by atoms with Crippen molar-refractivity contribution in [2.75, 3.05) is 0 Å². The van der Waals surface area contributed by atoms with Crippen LogP contribution in [0, 0.1) is 5.41 Å². The van der Waals surface area contributed by atoms with Crippen LogP contribution < -0.4 is 4.72 Å². The molecule has 1 unspecified atom stereocenters. The van der Waals surface area contributed by atoms with Crippen molar-refractivity contribution in [2.45, 2.75) is 50.5 Å². The molecule has 1 fully saturated rings. The summed E-state index contributed by atoms with van der Waals surface area (Å²) in [6.45, 7) is 4.33. The third-order valence-electron chi connectivity index (χ3n) is 3.43. The van der Waals surface area contributed by atoms with E-state index in [9.17, 15) is 8.42 Å². The summed E-state index contributed by atoms with van der Waals surface area (Å²) in [7, 11) is -3.56. The van der Waals surface area contributed by atoms with Gasteiger partial charge < -0.3 is 0 Å². The van der Waals surface area contributed by atoms with E-state index in [0.29, 0.717) is 0 Å². The SMILES string of the molecule is CC1(C)CCCC(NS(=O)(=O)c2cnc(Cl)nc2)C1. The molecule has 106 valence electrons. The lowest BCUT2D eigenvalue weighted by molar-refractivity contribution is 0.212. The van der Waals surface area contributed by atoms with E-state index in [0.717, 1.165) is 25.7 Å². The first kappa shape index (κ1) is 14.7. The summed E-state index contributed by atoms with van der Waals surface area (Å²) in [6.07, 6.45) is 6.35. The summed E-state index contributed by atoms with van der Waals surface area (Å²) < 4.78 is 27.1. The number of hydrogen-bond acceptors (Lipinski definition) is 4. The van der Waals surface area contributed by atoms with Gasteiger partial charge in [0.2, 0.25) is 15.3 Å². The summed E-state index contributed by atoms with van der Waals surface area (Å²) >= 11 is 5.55. The molecule has 5 nitrogen and oxygen atoms in total. The average Bonchev–Trinajstić information content (AvgIpc) is 2.27. The normalized spacial score (nSPS) is 23.2. The molecule has 1 aliphatic rings. The molecule has 1 atom stereocenters. The van der Waals surface area contributed by atoms with Gasteiger partial charge in [-0.3, -0.25) is 0 Å². The van der Waals surface area contributed by atoms with Crippen LogP contribution in [0.2, 0.25) is 5.28 Å². The predicted molar refractivity (Wildman–Crippen MR) is 73.4 cm³/mol. The quantitative estimate of drug-likeness (QED) is 0.870. The standard InChI is InChI=1S/C12H18ClN3O2S/c1-12(2)5-3-4-9(6-12)16-19(17,18)10-7-14-11(13)15-8-10/h7-9,16H,3-6H2,1-2H3. The minimum Gasteiger partial charge on any atom is -0.225 e. The molecule has 1 saturated carbocycles. The first-order valence-corrected chi connectivity index (χ1v) is 8.14. The van der Waals surface area contributed by atoms with Crippen LogP contribution in [-0.4, -0.2) is 24.4 Å². The Morgan fingerprint density at radius 1 is 1.37 bits per heavy atom. The number of sulfonamides is 1. The largest absolute Gasteiger partial charge is 0.243 e. The van der Waals surface area contributed by atoms with Gasteiger partial charge in [0.25, 0.3) is 0 Å². The first-order chi connectivity index (χ1) is 8.78. The number of nitrogens with one attached hydrogen (secondary N) is 1. The molecule has 0 saturated heterocycles. The second-order valence-corrected chi connectivity index (χ2v) is 7.82. The highest BCUT2D eigenvalue weighted by molar-refractivity contribution is 7.89. The van der Waals surface area contributed by atoms with Gasteiger partial charge in [0.1, 0.15) is 4.90 Å². The van der Waals surface area contributed by atoms with E-state index in [1.165, 1.54) is 12.4 Å². The number of hydrogen-bond donors (Lipinski definition) is 1. The molecule has 0 radical (unpaired) electrons. The van der Waals surface area contributed by atoms with E-state index < -0.39 is 10.0 Å². The third-order valence-corrected chi connectivity index (χ3v) is 5.10. The van der Waals surface area contributed by atoms with Crippen molar-refractivity contribution in [1.82, 2.24) is 14.7 Å². The maximum absolute atomic E-state index is 12.2. The zero-order chi connectivity index (χ0) is 14.1. The maximum Gasteiger partial charge on any atom is 0.243 e. The molecular weight excluding hydrogens is 286 g/mol. The molecule has 0 spiro atoms. The minimum absolute atomic E-state index is 0.0237. The molecule has 0 aromatic carbocycles. The molecule has 0 amide bonds. The van der Waals surface area contributed by atoms with Crippen molar-refractivity contribution in [3.8, 4) is 0 Å². The number of rotatable bonds is 3. The fourth-order valence-corrected chi connectivity index (χ4v) is 3.78. The summed E-state index contributed by atoms with van der Waals surface area (Å²) in [6, 6.07) is -0.0237. The summed E-state index contributed by atoms with van der Waals surface area (Å²) in [5.41, 5.74) is 0.182. The molecule has 1 heterocycles. The molecule has 1 aromatic heterocycles. The molecule has 19 heavy (non-hydrogen) atoms. The highest BCUT2D eigenvalue weighted by atomic mass is 35.5. The highest BCUT2D eigenvalue weighted by Gasteiger charge is 2.30. The summed E-state index contributed by atoms with van der Waals surface area (Å²) in [5, 5.41) is 0.0396. The van der Waals surface area contributed by atoms with E-state index in [2.05, 4.69) is 28.5 Å². The second-order valence-electron chi connectivity index (χ2n) is 5.77. The van der Waals surface area contributed by atoms with Gasteiger partial charge in [0.15, 0.2) is 0 Å². The van der Waals surface area contributed by atoms with Crippen LogP contribution in [-0.2, 0) is 10.0 Å². The highest BCUT2D eigenvalue weighted by Crippen LogP contribution is 2.35. The predicted octanol–water partition coefficient (Wildman–Crippen LogP) is 2.38. The molecule has 0 aliphatic heterocycles. The average molecular weight is 304 g/mol. The van der Waals surface area contributed by atoms with E-state index in [4.69, 9.17) is 11.6 Å². The van der Waals surface area contributed by atoms with Crippen molar-refractivity contribution in [3.05, 3.63) is 17.7 Å². The zero-order valence-electron chi connectivity index (χ0n) is 11.1. The topological polar surface area (TPSA) is 72.0 Å². The Morgan fingerprint density at radius 2 is 2.00 bits per heavy atom. The van der Waals surface area contributed by atoms with E-state index in [1.54, 1.807) is 0 Å². The molecular formula is C12H18ClN3O2S. The van der Waals surface area contributed by atoms with Gasteiger partial charge in [0, 0.05) is 6.04 Å². The molecule has 2 rings (SSSR count). The third kappa shape index (κ3) is 3.87. The summed E-state index contributed by atoms with van der Waals surface area (Å²) in [5.74, 6) is 0. The minimum atomic E-state index is -3.56. The molecule has 7 heteroatoms. The Hall–Kier alpha value is -0.720. The number of aromatic nitrogens is 2. The van der Waals surface area contributed by atoms with Crippen LogP contribution in [0.1, 0.15) is 39.5 Å². The molecule has 1 aliphatic carbocycles. The maximum atomic E-state index is 12.2. The molecule has 0 bridgehead atoms. The lowest BCUT2D eigenvalue weighted by atomic mass is 9.75. The van der Waals surface area contributed by atoms with Crippen molar-refractivity contribution in [1.29, 1.82) is 0 Å². The zero-order valence-corrected chi connectivity index (χ0v) is 12.6. The van der Waals surface area contributed by atoms with Crippen LogP contribution in [0.15, 0.2) is 17.3 Å². The van der Waals surface area contributed by atoms with Crippen LogP contribution in [0.5, 0.6) is 0 Å². The van der Waals surface area contributed by atoms with Crippen LogP contribution >= 0.6 is 11.6 Å². The van der Waals surface area contributed by atoms with E-state index in [1.807, 2.05) is 0 Å². The van der Waals surface area contributed by atoms with Crippen molar-refractivity contribution in [2.24, 2.45) is 5.41 Å². The smallest absolute Gasteiger partial charge is 0.225 e. The summed E-state index contributed by atoms with van der Waals surface area (Å²) in [4.78, 5) is 7.46. The Labute approximate surface area is 118 Å². The Kier molecular flexibility index (Phi) is 4.13. The van der Waals surface area contributed by atoms with Crippen molar-refractivity contribution in [3.63, 3.8) is 0 Å². The van der Waals surface area contributed by atoms with Gasteiger partial charge in [-0.2, -0.15) is 0 Å². The number of halogens is 1. The molecule has 1 N–H and O–H groups in total. The van der Waals surface area contributed by atoms with Gasteiger partial charge in [-0.05, 0) is 36.3 Å². The van der Waals surface area contributed by atoms with Crippen molar-refractivity contribution < 1.29 is 8.42 Å². The first-order valence-electron chi connectivity index (χ1n) is 6.28. The lowest BCUT2D eigenvalue weighted by Gasteiger charge is -2.35. The van der Waals surface area contributed by atoms with Crippen LogP contribution in [0.25, 0.3) is 0 Å². The lowest BCUT2D eigenvalue weighted by Crippen LogP contribution is -2.40. The Bertz CT molecular complexity index is 543. The number of nitrogens with zero attached hydrogens (tertiary/aromatic N) is 2. The monoisotopic (exact) mass is 303 g/mol. The Balaban J connectivity index is 2.11. The van der Waals surface area contributed by atoms with Gasteiger partial charge in [-0.15, -0.1) is 0 Å². The fraction of sp³-hybridized carbons (Fsp3) is 0.667. The second kappa shape index (κ2) is 5.34. The molecule has 1 aromatic rings. The van der Waals surface area contributed by atoms with Crippen LogP contribution in [0.3, 0.4) is 0 Å². The fourth-order valence-electron chi connectivity index (χ4n) is 2.53. The van der Waals surface area contributed by atoms with Gasteiger partial charge in [0.05, 0.1) is 12.4 Å². The Morgan fingerprint density at radius 3 is 2.58 bits per heavy atom. The van der Waals surface area contributed by atoms with Gasteiger partial charge >= 0.3 is 0 Å². The van der Waals surface area contributed by atoms with Crippen molar-refractivity contribution >= 4 is 21.6 Å². The van der Waals surface area contributed by atoms with Crippen LogP contribution in [0.4, 0.5) is 0 Å². The van der Waals surface area contributed by atoms with E-state index in [-0.39, 0.29) is 21.6 Å².